The summed E-state index contributed by atoms with van der Waals surface area (Å²) in [6.45, 7) is 5.38. The van der Waals surface area contributed by atoms with Crippen LogP contribution in [0, 0.1) is 0 Å². The number of morpholine rings is 1. The van der Waals surface area contributed by atoms with Crippen LogP contribution in [0.25, 0.3) is 0 Å². The van der Waals surface area contributed by atoms with Crippen LogP contribution in [0.2, 0.25) is 0 Å². The van der Waals surface area contributed by atoms with Crippen molar-refractivity contribution < 1.29 is 22.7 Å². The van der Waals surface area contributed by atoms with E-state index in [1.807, 2.05) is 15.9 Å². The van der Waals surface area contributed by atoms with Crippen molar-refractivity contribution in [1.29, 1.82) is 0 Å². The maximum Gasteiger partial charge on any atom is 0.416 e. The van der Waals surface area contributed by atoms with E-state index in [0.29, 0.717) is 56.7 Å². The summed E-state index contributed by atoms with van der Waals surface area (Å²) in [6.07, 6.45) is -1.47. The van der Waals surface area contributed by atoms with Gasteiger partial charge in [0.25, 0.3) is 0 Å². The molecule has 2 aromatic heterocycles. The molecule has 2 saturated heterocycles. The van der Waals surface area contributed by atoms with E-state index in [4.69, 9.17) is 9.72 Å². The van der Waals surface area contributed by atoms with Crippen LogP contribution >= 0.6 is 0 Å². The Hall–Kier alpha value is -2.75. The quantitative estimate of drug-likeness (QED) is 0.715. The number of carbonyl (C=O) groups is 1. The average molecular weight is 449 g/mol. The lowest BCUT2D eigenvalue weighted by Gasteiger charge is -2.32. The van der Waals surface area contributed by atoms with Crippen molar-refractivity contribution >= 4 is 11.9 Å². The Morgan fingerprint density at radius 3 is 2.47 bits per heavy atom. The van der Waals surface area contributed by atoms with E-state index in [9.17, 15) is 18.0 Å². The largest absolute Gasteiger partial charge is 0.416 e. The number of likely N-dealkylation sites (tertiary alicyclic amines) is 1. The first-order valence-electron chi connectivity index (χ1n) is 10.8. The van der Waals surface area contributed by atoms with Crippen LogP contribution in [0.1, 0.15) is 48.3 Å². The number of hydrogen-bond acceptors (Lipinski definition) is 6. The maximum absolute atomic E-state index is 13.1. The third-order valence-electron chi connectivity index (χ3n) is 5.95. The molecule has 0 unspecified atom stereocenters. The smallest absolute Gasteiger partial charge is 0.378 e. The van der Waals surface area contributed by atoms with Crippen LogP contribution in [0.4, 0.5) is 19.1 Å². The number of hydrogen-bond donors (Lipinski definition) is 0. The van der Waals surface area contributed by atoms with Gasteiger partial charge >= 0.3 is 6.18 Å². The van der Waals surface area contributed by atoms with Gasteiger partial charge in [0.1, 0.15) is 0 Å². The molecule has 0 radical (unpaired) electrons. The normalized spacial score (nSPS) is 18.1. The number of piperidine rings is 1. The molecule has 0 spiro atoms. The second kappa shape index (κ2) is 9.40. The van der Waals surface area contributed by atoms with Crippen molar-refractivity contribution in [3.63, 3.8) is 0 Å². The van der Waals surface area contributed by atoms with E-state index in [-0.39, 0.29) is 18.2 Å². The van der Waals surface area contributed by atoms with Crippen molar-refractivity contribution in [3.05, 3.63) is 47.0 Å². The summed E-state index contributed by atoms with van der Waals surface area (Å²) in [5.41, 5.74) is 1.09. The second-order valence-corrected chi connectivity index (χ2v) is 8.17. The van der Waals surface area contributed by atoms with E-state index in [1.165, 1.54) is 6.20 Å². The molecular formula is C22H26F3N5O2. The molecule has 1 amide bonds. The summed E-state index contributed by atoms with van der Waals surface area (Å²) < 4.78 is 44.7. The third-order valence-corrected chi connectivity index (χ3v) is 5.95. The molecule has 2 aromatic rings. The van der Waals surface area contributed by atoms with Crippen molar-refractivity contribution in [2.75, 3.05) is 44.3 Å². The van der Waals surface area contributed by atoms with Crippen LogP contribution in [-0.2, 0) is 22.1 Å². The van der Waals surface area contributed by atoms with Crippen LogP contribution in [0.3, 0.4) is 0 Å². The number of carbonyl (C=O) groups excluding carboxylic acids is 1. The van der Waals surface area contributed by atoms with Gasteiger partial charge in [-0.25, -0.2) is 9.97 Å². The highest BCUT2D eigenvalue weighted by Gasteiger charge is 2.31. The predicted molar refractivity (Wildman–Crippen MR) is 111 cm³/mol. The number of amides is 1. The summed E-state index contributed by atoms with van der Waals surface area (Å²) in [4.78, 5) is 29.1. The summed E-state index contributed by atoms with van der Waals surface area (Å²) in [5, 5.41) is 0. The van der Waals surface area contributed by atoms with E-state index >= 15 is 0 Å². The summed E-state index contributed by atoms with van der Waals surface area (Å²) in [6, 6.07) is 3.92. The average Bonchev–Trinajstić information content (AvgIpc) is 2.79. The predicted octanol–water partition coefficient (Wildman–Crippen LogP) is 3.04. The molecule has 7 nitrogen and oxygen atoms in total. The van der Waals surface area contributed by atoms with Crippen molar-refractivity contribution in [1.82, 2.24) is 19.9 Å². The zero-order valence-electron chi connectivity index (χ0n) is 17.9. The standard InChI is InChI=1S/C22H26F3N5O2/c1-15(31)29-6-3-16(4-7-29)20-14-19(27-21(28-20)30-8-10-32-11-9-30)13-18-12-17(2-5-26-18)22(23,24)25/h2,5,12,14,16H,3-4,6-11,13H2,1H3. The Kier molecular flexibility index (Phi) is 6.59. The molecule has 0 aromatic carbocycles. The first-order chi connectivity index (χ1) is 15.3. The number of pyridine rings is 1. The first kappa shape index (κ1) is 22.4. The highest BCUT2D eigenvalue weighted by molar-refractivity contribution is 5.73. The topological polar surface area (TPSA) is 71.5 Å². The number of anilines is 1. The zero-order chi connectivity index (χ0) is 22.7. The fourth-order valence-corrected chi connectivity index (χ4v) is 4.14. The number of alkyl halides is 3. The maximum atomic E-state index is 13.1. The molecule has 2 aliphatic rings. The summed E-state index contributed by atoms with van der Waals surface area (Å²) in [5.74, 6) is 0.805. The van der Waals surface area contributed by atoms with E-state index < -0.39 is 11.7 Å². The molecule has 0 aliphatic carbocycles. The van der Waals surface area contributed by atoms with Gasteiger partial charge in [-0.15, -0.1) is 0 Å². The number of aromatic nitrogens is 3. The SMILES string of the molecule is CC(=O)N1CCC(c2cc(Cc3cc(C(F)(F)F)ccn3)nc(N3CCOCC3)n2)CC1. The molecule has 0 saturated carbocycles. The minimum atomic E-state index is -4.42. The fraction of sp³-hybridized carbons (Fsp3) is 0.545. The molecule has 32 heavy (non-hydrogen) atoms. The lowest BCUT2D eigenvalue weighted by atomic mass is 9.92. The summed E-state index contributed by atoms with van der Waals surface area (Å²) >= 11 is 0. The van der Waals surface area contributed by atoms with Gasteiger partial charge in [0.15, 0.2) is 0 Å². The lowest BCUT2D eigenvalue weighted by molar-refractivity contribution is -0.137. The number of halogens is 3. The van der Waals surface area contributed by atoms with Crippen LogP contribution in [0.15, 0.2) is 24.4 Å². The Bertz CT molecular complexity index is 955. The Balaban J connectivity index is 1.61. The van der Waals surface area contributed by atoms with Crippen LogP contribution < -0.4 is 4.90 Å². The van der Waals surface area contributed by atoms with Crippen molar-refractivity contribution in [2.24, 2.45) is 0 Å². The highest BCUT2D eigenvalue weighted by Crippen LogP contribution is 2.31. The highest BCUT2D eigenvalue weighted by atomic mass is 19.4. The number of nitrogens with zero attached hydrogens (tertiary/aromatic N) is 5. The van der Waals surface area contributed by atoms with Gasteiger partial charge in [0.05, 0.1) is 24.5 Å². The number of ether oxygens (including phenoxy) is 1. The molecule has 0 atom stereocenters. The fourth-order valence-electron chi connectivity index (χ4n) is 4.14. The Labute approximate surface area is 184 Å². The Morgan fingerprint density at radius 2 is 1.81 bits per heavy atom. The van der Waals surface area contributed by atoms with Gasteiger partial charge in [-0.3, -0.25) is 9.78 Å². The Morgan fingerprint density at radius 1 is 1.09 bits per heavy atom. The van der Waals surface area contributed by atoms with E-state index in [2.05, 4.69) is 9.97 Å². The molecule has 4 heterocycles. The lowest BCUT2D eigenvalue weighted by Crippen LogP contribution is -2.38. The molecule has 0 bridgehead atoms. The third kappa shape index (κ3) is 5.35. The zero-order valence-corrected chi connectivity index (χ0v) is 17.9. The van der Waals surface area contributed by atoms with Gasteiger partial charge < -0.3 is 14.5 Å². The second-order valence-electron chi connectivity index (χ2n) is 8.17. The van der Waals surface area contributed by atoms with E-state index in [1.54, 1.807) is 6.92 Å². The molecule has 2 aliphatic heterocycles. The van der Waals surface area contributed by atoms with Gasteiger partial charge in [-0.2, -0.15) is 13.2 Å². The van der Waals surface area contributed by atoms with Gasteiger partial charge in [-0.05, 0) is 31.0 Å². The van der Waals surface area contributed by atoms with Crippen molar-refractivity contribution in [2.45, 2.75) is 38.3 Å². The van der Waals surface area contributed by atoms with Gasteiger partial charge in [0.2, 0.25) is 11.9 Å². The summed E-state index contributed by atoms with van der Waals surface area (Å²) in [7, 11) is 0. The molecule has 4 rings (SSSR count). The molecule has 10 heteroatoms. The monoisotopic (exact) mass is 449 g/mol. The van der Waals surface area contributed by atoms with Crippen molar-refractivity contribution in [3.8, 4) is 0 Å². The molecule has 2 fully saturated rings. The van der Waals surface area contributed by atoms with Gasteiger partial charge in [-0.1, -0.05) is 0 Å². The minimum Gasteiger partial charge on any atom is -0.378 e. The molecule has 172 valence electrons. The molecular weight excluding hydrogens is 423 g/mol. The van der Waals surface area contributed by atoms with Crippen LogP contribution in [-0.4, -0.2) is 65.2 Å². The number of rotatable bonds is 4. The molecule has 0 N–H and O–H groups in total. The van der Waals surface area contributed by atoms with Gasteiger partial charge in [0, 0.05) is 63.0 Å². The van der Waals surface area contributed by atoms with E-state index in [0.717, 1.165) is 30.7 Å². The van der Waals surface area contributed by atoms with Crippen LogP contribution in [0.5, 0.6) is 0 Å². The first-order valence-corrected chi connectivity index (χ1v) is 10.8. The minimum absolute atomic E-state index is 0.0662.